The number of hydrogen-bond donors (Lipinski definition) is 3. The van der Waals surface area contributed by atoms with Crippen LogP contribution in [0.25, 0.3) is 10.8 Å². The predicted octanol–water partition coefficient (Wildman–Crippen LogP) is 1.54. The first kappa shape index (κ1) is 24.6. The van der Waals surface area contributed by atoms with Crippen LogP contribution in [0.5, 0.6) is 0 Å². The summed E-state index contributed by atoms with van der Waals surface area (Å²) in [5, 5.41) is 20.7. The molecule has 0 aromatic heterocycles. The minimum Gasteiger partial charge on any atom is -0.480 e. The molecule has 3 N–H and O–H groups in total. The van der Waals surface area contributed by atoms with Gasteiger partial charge in [-0.1, -0.05) is 24.3 Å². The summed E-state index contributed by atoms with van der Waals surface area (Å²) in [6, 6.07) is 7.67. The molecule has 12 heteroatoms. The molecule has 0 amide bonds. The van der Waals surface area contributed by atoms with Crippen molar-refractivity contribution in [2.45, 2.75) is 10.8 Å². The van der Waals surface area contributed by atoms with Gasteiger partial charge in [-0.15, -0.1) is 0 Å². The van der Waals surface area contributed by atoms with Gasteiger partial charge in [0.25, 0.3) is 10.1 Å². The number of carbonyl (C=O) groups is 4. The van der Waals surface area contributed by atoms with Gasteiger partial charge in [-0.25, -0.2) is 9.59 Å². The average molecular weight is 490 g/mol. The molecule has 0 spiro atoms. The maximum absolute atomic E-state index is 12.8. The van der Waals surface area contributed by atoms with E-state index in [9.17, 15) is 42.4 Å². The normalized spacial score (nSPS) is 20.1. The van der Waals surface area contributed by atoms with E-state index in [1.807, 2.05) is 0 Å². The minimum absolute atomic E-state index is 0.0636. The number of methoxy groups -OCH3 is 2. The van der Waals surface area contributed by atoms with E-state index in [0.29, 0.717) is 10.8 Å². The van der Waals surface area contributed by atoms with Gasteiger partial charge in [0.1, 0.15) is 0 Å². The maximum atomic E-state index is 12.8. The molecule has 2 aromatic carbocycles. The quantitative estimate of drug-likeness (QED) is 0.303. The Bertz CT molecular complexity index is 1400. The second-order valence-electron chi connectivity index (χ2n) is 7.34. The number of benzene rings is 2. The highest BCUT2D eigenvalue weighted by atomic mass is 32.2. The molecule has 34 heavy (non-hydrogen) atoms. The zero-order valence-electron chi connectivity index (χ0n) is 17.7. The number of fused-ring (bicyclic) bond motifs is 1. The Kier molecular flexibility index (Phi) is 6.31. The number of ether oxygens (including phenoxy) is 2. The Hall–Kier alpha value is -4.03. The number of carbonyl (C=O) groups excluding carboxylic acids is 2. The number of hydrogen-bond acceptors (Lipinski definition) is 8. The van der Waals surface area contributed by atoms with Crippen LogP contribution in [0.15, 0.2) is 64.6 Å². The minimum atomic E-state index is -4.48. The summed E-state index contributed by atoms with van der Waals surface area (Å²) >= 11 is 0. The highest BCUT2D eigenvalue weighted by Gasteiger charge is 2.57. The van der Waals surface area contributed by atoms with Crippen LogP contribution in [0, 0.1) is 5.41 Å². The smallest absolute Gasteiger partial charge is 0.337 e. The molecule has 1 aliphatic carbocycles. The van der Waals surface area contributed by atoms with Gasteiger partial charge in [-0.05, 0) is 40.6 Å². The molecule has 2 aromatic rings. The summed E-state index contributed by atoms with van der Waals surface area (Å²) in [5.41, 5.74) is -3.61. The van der Waals surface area contributed by atoms with Gasteiger partial charge in [0.05, 0.1) is 24.7 Å². The topological polar surface area (TPSA) is 182 Å². The Morgan fingerprint density at radius 3 is 2.09 bits per heavy atom. The Balaban J connectivity index is 2.34. The van der Waals surface area contributed by atoms with Crippen LogP contribution in [-0.2, 0) is 38.8 Å². The van der Waals surface area contributed by atoms with E-state index in [4.69, 9.17) is 4.74 Å². The van der Waals surface area contributed by atoms with Gasteiger partial charge in [-0.3, -0.25) is 14.1 Å². The van der Waals surface area contributed by atoms with Gasteiger partial charge < -0.3 is 19.7 Å². The fourth-order valence-electron chi connectivity index (χ4n) is 3.93. The van der Waals surface area contributed by atoms with E-state index in [1.54, 1.807) is 0 Å². The summed E-state index contributed by atoms with van der Waals surface area (Å²) < 4.78 is 41.4. The number of aliphatic carboxylic acids is 2. The molecule has 0 radical (unpaired) electrons. The van der Waals surface area contributed by atoms with E-state index >= 15 is 0 Å². The molecular weight excluding hydrogens is 472 g/mol. The molecule has 2 unspecified atom stereocenters. The molecule has 3 rings (SSSR count). The zero-order valence-corrected chi connectivity index (χ0v) is 18.5. The van der Waals surface area contributed by atoms with Crippen molar-refractivity contribution in [2.24, 2.45) is 5.41 Å². The van der Waals surface area contributed by atoms with Crippen LogP contribution in [-0.4, -0.2) is 61.3 Å². The van der Waals surface area contributed by atoms with Gasteiger partial charge in [0.15, 0.2) is 5.41 Å². The molecule has 0 saturated carbocycles. The third-order valence-electron chi connectivity index (χ3n) is 5.47. The molecule has 11 nitrogen and oxygen atoms in total. The highest BCUT2D eigenvalue weighted by molar-refractivity contribution is 7.85. The van der Waals surface area contributed by atoms with Crippen LogP contribution >= 0.6 is 0 Å². The molecule has 0 bridgehead atoms. The summed E-state index contributed by atoms with van der Waals surface area (Å²) in [6.45, 7) is 0. The van der Waals surface area contributed by atoms with Crippen molar-refractivity contribution < 1.29 is 51.8 Å². The molecule has 0 aliphatic heterocycles. The molecular formula is C22H18O11S. The molecule has 2 atom stereocenters. The first-order valence-electron chi connectivity index (χ1n) is 9.46. The van der Waals surface area contributed by atoms with E-state index < -0.39 is 56.5 Å². The first-order valence-corrected chi connectivity index (χ1v) is 10.9. The Morgan fingerprint density at radius 1 is 0.941 bits per heavy atom. The Morgan fingerprint density at radius 2 is 1.56 bits per heavy atom. The standard InChI is InChI=1S/C22H18O11S/c1-32-19(25)14-9-16(18(23)24)17(22(10-14,20(26)27)21(28)33-2)13-4-3-12-8-15(34(29,30)31)6-5-11(12)7-13/h3-10,17H,1-2H3,(H,23,24)(H,26,27)(H,29,30,31). The summed E-state index contributed by atoms with van der Waals surface area (Å²) in [5.74, 6) is -7.35. The van der Waals surface area contributed by atoms with E-state index in [-0.39, 0.29) is 10.5 Å². The molecule has 0 fully saturated rings. The van der Waals surface area contributed by atoms with E-state index in [1.165, 1.54) is 30.3 Å². The lowest BCUT2D eigenvalue weighted by atomic mass is 9.64. The first-order chi connectivity index (χ1) is 15.9. The predicted molar refractivity (Wildman–Crippen MR) is 114 cm³/mol. The average Bonchev–Trinajstić information content (AvgIpc) is 2.80. The van der Waals surface area contributed by atoms with Crippen LogP contribution in [0.4, 0.5) is 0 Å². The van der Waals surface area contributed by atoms with Crippen molar-refractivity contribution in [3.63, 3.8) is 0 Å². The number of esters is 2. The highest BCUT2D eigenvalue weighted by Crippen LogP contribution is 2.48. The third kappa shape index (κ3) is 4.04. The largest absolute Gasteiger partial charge is 0.480 e. The van der Waals surface area contributed by atoms with Gasteiger partial charge in [0, 0.05) is 11.5 Å². The zero-order chi connectivity index (χ0) is 25.4. The fourth-order valence-corrected chi connectivity index (χ4v) is 4.45. The van der Waals surface area contributed by atoms with Gasteiger partial charge >= 0.3 is 23.9 Å². The summed E-state index contributed by atoms with van der Waals surface area (Å²) in [7, 11) is -2.55. The summed E-state index contributed by atoms with van der Waals surface area (Å²) in [4.78, 5) is 49.2. The van der Waals surface area contributed by atoms with Crippen LogP contribution in [0.1, 0.15) is 11.5 Å². The van der Waals surface area contributed by atoms with Crippen molar-refractivity contribution in [3.05, 3.63) is 65.3 Å². The lowest BCUT2D eigenvalue weighted by molar-refractivity contribution is -0.164. The lowest BCUT2D eigenvalue weighted by Crippen LogP contribution is -2.47. The van der Waals surface area contributed by atoms with Gasteiger partial charge in [-0.2, -0.15) is 8.42 Å². The van der Waals surface area contributed by atoms with E-state index in [2.05, 4.69) is 4.74 Å². The van der Waals surface area contributed by atoms with Crippen molar-refractivity contribution >= 4 is 44.8 Å². The third-order valence-corrected chi connectivity index (χ3v) is 6.32. The molecule has 178 valence electrons. The Labute approximate surface area is 192 Å². The molecule has 1 aliphatic rings. The molecule has 0 heterocycles. The number of carboxylic acid groups (broad SMARTS) is 2. The van der Waals surface area contributed by atoms with Crippen molar-refractivity contribution in [1.29, 1.82) is 0 Å². The van der Waals surface area contributed by atoms with Crippen molar-refractivity contribution in [1.82, 2.24) is 0 Å². The van der Waals surface area contributed by atoms with Crippen molar-refractivity contribution in [2.75, 3.05) is 14.2 Å². The second-order valence-corrected chi connectivity index (χ2v) is 8.76. The number of carboxylic acids is 2. The fraction of sp³-hybridized carbons (Fsp3) is 0.182. The lowest BCUT2D eigenvalue weighted by Gasteiger charge is -2.36. The van der Waals surface area contributed by atoms with Crippen LogP contribution < -0.4 is 0 Å². The summed E-state index contributed by atoms with van der Waals surface area (Å²) in [6.07, 6.45) is 1.73. The van der Waals surface area contributed by atoms with Crippen LogP contribution in [0.3, 0.4) is 0 Å². The maximum Gasteiger partial charge on any atom is 0.337 e. The SMILES string of the molecule is COC(=O)C1=CC(C(=O)O)(C(=O)OC)C(c2ccc3cc(S(=O)(=O)O)ccc3c2)C(C(=O)O)=C1. The molecule has 0 saturated heterocycles. The van der Waals surface area contributed by atoms with Gasteiger partial charge in [0.2, 0.25) is 0 Å². The van der Waals surface area contributed by atoms with Crippen LogP contribution in [0.2, 0.25) is 0 Å². The second kappa shape index (κ2) is 8.72. The monoisotopic (exact) mass is 490 g/mol. The number of rotatable bonds is 6. The van der Waals surface area contributed by atoms with E-state index in [0.717, 1.165) is 32.4 Å². The van der Waals surface area contributed by atoms with Crippen molar-refractivity contribution in [3.8, 4) is 0 Å².